The van der Waals surface area contributed by atoms with E-state index in [2.05, 4.69) is 5.32 Å². The second kappa shape index (κ2) is 8.53. The van der Waals surface area contributed by atoms with Gasteiger partial charge in [-0.25, -0.2) is 0 Å². The third-order valence-electron chi connectivity index (χ3n) is 3.34. The number of anilines is 1. The number of benzene rings is 2. The van der Waals surface area contributed by atoms with Gasteiger partial charge in [0.1, 0.15) is 10.6 Å². The second-order valence-electron chi connectivity index (χ2n) is 5.21. The van der Waals surface area contributed by atoms with Crippen molar-refractivity contribution in [3.63, 3.8) is 0 Å². The smallest absolute Gasteiger partial charge is 0.325 e. The van der Waals surface area contributed by atoms with Gasteiger partial charge in [0.15, 0.2) is 0 Å². The predicted molar refractivity (Wildman–Crippen MR) is 96.2 cm³/mol. The summed E-state index contributed by atoms with van der Waals surface area (Å²) < 4.78 is 50.4. The molecule has 0 radical (unpaired) electrons. The maximum Gasteiger partial charge on any atom is 0.416 e. The SMILES string of the molecule is CSc1ccc(S(=O)CC(=O)Nc2cccc(C(F)(F)F)c2)c([N+](=O)[O-])c1. The summed E-state index contributed by atoms with van der Waals surface area (Å²) >= 11 is 1.27. The van der Waals surface area contributed by atoms with E-state index in [1.807, 2.05) is 0 Å². The van der Waals surface area contributed by atoms with Crippen LogP contribution in [-0.4, -0.2) is 27.0 Å². The maximum atomic E-state index is 12.7. The number of amides is 1. The van der Waals surface area contributed by atoms with Crippen LogP contribution in [-0.2, 0) is 21.8 Å². The molecule has 0 aliphatic rings. The van der Waals surface area contributed by atoms with Crippen LogP contribution in [0.5, 0.6) is 0 Å². The molecule has 1 N–H and O–H groups in total. The number of hydrogen-bond acceptors (Lipinski definition) is 5. The Hall–Kier alpha value is -2.40. The first-order valence-electron chi connectivity index (χ1n) is 7.29. The molecular weight excluding hydrogens is 405 g/mol. The van der Waals surface area contributed by atoms with Gasteiger partial charge in [-0.1, -0.05) is 6.07 Å². The lowest BCUT2D eigenvalue weighted by atomic mass is 10.2. The Morgan fingerprint density at radius 3 is 2.56 bits per heavy atom. The van der Waals surface area contributed by atoms with Crippen LogP contribution < -0.4 is 5.32 Å². The summed E-state index contributed by atoms with van der Waals surface area (Å²) in [5.41, 5.74) is -1.43. The van der Waals surface area contributed by atoms with Crippen molar-refractivity contribution in [2.45, 2.75) is 16.0 Å². The lowest BCUT2D eigenvalue weighted by Crippen LogP contribution is -2.20. The van der Waals surface area contributed by atoms with Gasteiger partial charge in [0.25, 0.3) is 5.69 Å². The van der Waals surface area contributed by atoms with Crippen LogP contribution >= 0.6 is 11.8 Å². The van der Waals surface area contributed by atoms with Crippen molar-refractivity contribution in [2.24, 2.45) is 0 Å². The summed E-state index contributed by atoms with van der Waals surface area (Å²) in [7, 11) is -2.04. The van der Waals surface area contributed by atoms with Crippen molar-refractivity contribution >= 4 is 39.8 Å². The van der Waals surface area contributed by atoms with Crippen molar-refractivity contribution in [3.05, 3.63) is 58.1 Å². The van der Waals surface area contributed by atoms with E-state index in [0.29, 0.717) is 4.90 Å². The number of rotatable bonds is 6. The van der Waals surface area contributed by atoms with Crippen molar-refractivity contribution in [1.82, 2.24) is 0 Å². The molecule has 0 aliphatic carbocycles. The number of hydrogen-bond donors (Lipinski definition) is 1. The summed E-state index contributed by atoms with van der Waals surface area (Å²) in [4.78, 5) is 22.9. The molecule has 2 aromatic carbocycles. The molecule has 27 heavy (non-hydrogen) atoms. The largest absolute Gasteiger partial charge is 0.416 e. The summed E-state index contributed by atoms with van der Waals surface area (Å²) in [6.07, 6.45) is -2.85. The number of alkyl halides is 3. The lowest BCUT2D eigenvalue weighted by Gasteiger charge is -2.10. The molecular formula is C16H13F3N2O4S2. The highest BCUT2D eigenvalue weighted by atomic mass is 32.2. The standard InChI is InChI=1S/C16H13F3N2O4S2/c1-26-12-5-6-14(13(8-12)21(23)24)27(25)9-15(22)20-11-4-2-3-10(7-11)16(17,18)19/h2-8H,9H2,1H3,(H,20,22). The van der Waals surface area contributed by atoms with E-state index in [0.717, 1.165) is 18.2 Å². The topological polar surface area (TPSA) is 89.3 Å². The van der Waals surface area contributed by atoms with Gasteiger partial charge in [0, 0.05) is 16.6 Å². The second-order valence-corrected chi connectivity index (χ2v) is 7.51. The van der Waals surface area contributed by atoms with E-state index in [1.165, 1.54) is 36.0 Å². The molecule has 11 heteroatoms. The van der Waals surface area contributed by atoms with Crippen LogP contribution in [0, 0.1) is 10.1 Å². The van der Waals surface area contributed by atoms with E-state index >= 15 is 0 Å². The first-order chi connectivity index (χ1) is 12.6. The number of nitro benzene ring substituents is 1. The molecule has 0 heterocycles. The van der Waals surface area contributed by atoms with E-state index in [-0.39, 0.29) is 16.3 Å². The van der Waals surface area contributed by atoms with Crippen LogP contribution in [0.25, 0.3) is 0 Å². The highest BCUT2D eigenvalue weighted by molar-refractivity contribution is 7.98. The zero-order chi connectivity index (χ0) is 20.2. The third kappa shape index (κ3) is 5.54. The number of halogens is 3. The number of carbonyl (C=O) groups excluding carboxylic acids is 1. The van der Waals surface area contributed by atoms with Gasteiger partial charge in [0.2, 0.25) is 5.91 Å². The highest BCUT2D eigenvalue weighted by Gasteiger charge is 2.30. The molecule has 2 aromatic rings. The van der Waals surface area contributed by atoms with Crippen LogP contribution in [0.3, 0.4) is 0 Å². The molecule has 0 aromatic heterocycles. The fraction of sp³-hybridized carbons (Fsp3) is 0.188. The Labute approximate surface area is 158 Å². The minimum absolute atomic E-state index is 0.112. The van der Waals surface area contributed by atoms with Gasteiger partial charge >= 0.3 is 6.18 Å². The van der Waals surface area contributed by atoms with Gasteiger partial charge in [-0.3, -0.25) is 19.1 Å². The molecule has 0 saturated heterocycles. The quantitative estimate of drug-likeness (QED) is 0.434. The Morgan fingerprint density at radius 2 is 1.96 bits per heavy atom. The zero-order valence-corrected chi connectivity index (χ0v) is 15.4. The third-order valence-corrected chi connectivity index (χ3v) is 5.43. The number of carbonyl (C=O) groups is 1. The molecule has 0 saturated carbocycles. The molecule has 144 valence electrons. The molecule has 0 aliphatic heterocycles. The number of thioether (sulfide) groups is 1. The molecule has 1 amide bonds. The van der Waals surface area contributed by atoms with Crippen LogP contribution in [0.2, 0.25) is 0 Å². The molecule has 0 bridgehead atoms. The lowest BCUT2D eigenvalue weighted by molar-refractivity contribution is -0.388. The monoisotopic (exact) mass is 418 g/mol. The van der Waals surface area contributed by atoms with Gasteiger partial charge < -0.3 is 5.32 Å². The summed E-state index contributed by atoms with van der Waals surface area (Å²) in [6, 6.07) is 8.07. The van der Waals surface area contributed by atoms with Gasteiger partial charge in [0.05, 0.1) is 21.3 Å². The minimum atomic E-state index is -4.57. The van der Waals surface area contributed by atoms with Crippen molar-refractivity contribution < 1.29 is 27.1 Å². The highest BCUT2D eigenvalue weighted by Crippen LogP contribution is 2.31. The Balaban J connectivity index is 2.15. The average molecular weight is 418 g/mol. The fourth-order valence-corrected chi connectivity index (χ4v) is 3.61. The van der Waals surface area contributed by atoms with Crippen LogP contribution in [0.15, 0.2) is 52.3 Å². The summed E-state index contributed by atoms with van der Waals surface area (Å²) in [5, 5.41) is 13.4. The molecule has 1 atom stereocenters. The van der Waals surface area contributed by atoms with Crippen molar-refractivity contribution in [2.75, 3.05) is 17.3 Å². The van der Waals surface area contributed by atoms with E-state index < -0.39 is 39.1 Å². The molecule has 0 spiro atoms. The van der Waals surface area contributed by atoms with Gasteiger partial charge in [-0.05, 0) is 36.6 Å². The Bertz CT molecular complexity index is 903. The summed E-state index contributed by atoms with van der Waals surface area (Å²) in [5.74, 6) is -1.45. The maximum absolute atomic E-state index is 12.7. The van der Waals surface area contributed by atoms with Crippen LogP contribution in [0.4, 0.5) is 24.5 Å². The number of nitrogens with one attached hydrogen (secondary N) is 1. The van der Waals surface area contributed by atoms with Gasteiger partial charge in [-0.15, -0.1) is 11.8 Å². The molecule has 2 rings (SSSR count). The van der Waals surface area contributed by atoms with Gasteiger partial charge in [-0.2, -0.15) is 13.2 Å². The van der Waals surface area contributed by atoms with E-state index in [4.69, 9.17) is 0 Å². The zero-order valence-electron chi connectivity index (χ0n) is 13.8. The average Bonchev–Trinajstić information content (AvgIpc) is 2.60. The number of nitrogens with zero attached hydrogens (tertiary/aromatic N) is 1. The summed E-state index contributed by atoms with van der Waals surface area (Å²) in [6.45, 7) is 0. The fourth-order valence-electron chi connectivity index (χ4n) is 2.13. The molecule has 6 nitrogen and oxygen atoms in total. The van der Waals surface area contributed by atoms with Crippen molar-refractivity contribution in [1.29, 1.82) is 0 Å². The molecule has 0 fully saturated rings. The first kappa shape index (κ1) is 20.9. The van der Waals surface area contributed by atoms with E-state index in [9.17, 15) is 32.3 Å². The minimum Gasteiger partial charge on any atom is -0.325 e. The van der Waals surface area contributed by atoms with Crippen LogP contribution in [0.1, 0.15) is 5.56 Å². The molecule has 1 unspecified atom stereocenters. The Kier molecular flexibility index (Phi) is 6.60. The van der Waals surface area contributed by atoms with E-state index in [1.54, 1.807) is 6.26 Å². The number of nitro groups is 1. The van der Waals surface area contributed by atoms with Crippen molar-refractivity contribution in [3.8, 4) is 0 Å². The normalized spacial score (nSPS) is 12.4. The first-order valence-corrected chi connectivity index (χ1v) is 9.84. The Morgan fingerprint density at radius 1 is 1.26 bits per heavy atom. The predicted octanol–water partition coefficient (Wildman–Crippen LogP) is 4.08.